The Morgan fingerprint density at radius 3 is 1.44 bits per heavy atom. The molecule has 1 aliphatic heterocycles. The van der Waals surface area contributed by atoms with Crippen LogP contribution in [0.15, 0.2) is 129 Å². The Morgan fingerprint density at radius 1 is 0.678 bits per heavy atom. The van der Waals surface area contributed by atoms with Crippen LogP contribution >= 0.6 is 19.4 Å². The molecule has 0 radical (unpaired) electrons. The van der Waals surface area contributed by atoms with Crippen molar-refractivity contribution in [1.29, 1.82) is 0 Å². The summed E-state index contributed by atoms with van der Waals surface area (Å²) in [6.07, 6.45) is 25.7. The van der Waals surface area contributed by atoms with Gasteiger partial charge in [0.05, 0.1) is 18.8 Å². The van der Waals surface area contributed by atoms with Crippen LogP contribution in [0.2, 0.25) is 36.3 Å². The second kappa shape index (κ2) is 45.4. The van der Waals surface area contributed by atoms with Gasteiger partial charge in [-0.15, -0.1) is 13.2 Å². The Morgan fingerprint density at radius 2 is 1.08 bits per heavy atom. The number of halogens is 2. The fraction of sp³-hybridized carbons (Fsp3) is 0.466. The summed E-state index contributed by atoms with van der Waals surface area (Å²) < 4.78 is 19.7. The summed E-state index contributed by atoms with van der Waals surface area (Å²) in [5.41, 5.74) is 12.0. The number of aryl methyl sites for hydroxylation is 6. The zero-order valence-corrected chi connectivity index (χ0v) is 61.9. The number of hydrogen-bond donors (Lipinski definition) is 2. The molecule has 1 unspecified atom stereocenters. The summed E-state index contributed by atoms with van der Waals surface area (Å²) in [6.45, 7) is 51.4. The van der Waals surface area contributed by atoms with Gasteiger partial charge in [0, 0.05) is 55.8 Å². The number of carboxylic acid groups (broad SMARTS) is 1. The third-order valence-electron chi connectivity index (χ3n) is 14.3. The van der Waals surface area contributed by atoms with Crippen LogP contribution in [0.1, 0.15) is 146 Å². The van der Waals surface area contributed by atoms with Gasteiger partial charge in [0.2, 0.25) is 0 Å². The van der Waals surface area contributed by atoms with Crippen molar-refractivity contribution in [3.63, 3.8) is 0 Å². The normalized spacial score (nSPS) is 13.1. The number of esters is 1. The standard InChI is InChI=1S/C22H36O3Si.C21H27N2.C16H26O3Si.C7H6.C6H12O.CH3.2ClH.Ru/c1-8-10-12-14-19-24-21(23)18-15-17-20(16-13-11-9-2)25-26(6,7)22(3,4)5;1-14-9-16(3)20(17(4)10-14)22-7-8-23(13-22)21-18(5)11-15(2)12-19(21)6;1-7-8-9-11-14(12-10-13-15(17)18)19-20(5,6)16(2,3)4;1-7-5-3-2-4-6-7;1-2-3-4-5-6-7;;;;/h8-9,11,13,16,20H,1,10,12,14,17,19H2,2-7H3;9-13H,7-8H2,1-6H3;7-9,11,14H,12H2,1-6H3,(H,17,18);1-6H;2,7H,1,3-6H2;1H3;2*1H;/q;-1;;;;-1;;;+2/p-2/b11-9+,16-13+;;8-7+,11-9+;;;;;;/t;;14-;;;;;;/m..1....../s1. The van der Waals surface area contributed by atoms with Crippen LogP contribution < -0.4 is 9.80 Å². The fourth-order valence-corrected chi connectivity index (χ4v) is 12.5. The molecule has 1 heterocycles. The molecule has 0 saturated carbocycles. The van der Waals surface area contributed by atoms with Gasteiger partial charge in [-0.2, -0.15) is 6.67 Å². The van der Waals surface area contributed by atoms with Crippen LogP contribution in [0.25, 0.3) is 0 Å². The van der Waals surface area contributed by atoms with Crippen LogP contribution in [0.3, 0.4) is 0 Å². The molecule has 3 aromatic rings. The van der Waals surface area contributed by atoms with E-state index in [1.807, 2.05) is 110 Å². The quantitative estimate of drug-likeness (QED) is 0.0149. The van der Waals surface area contributed by atoms with Crippen molar-refractivity contribution < 1.29 is 46.9 Å². The second-order valence-corrected chi connectivity index (χ2v) is 39.4. The van der Waals surface area contributed by atoms with Gasteiger partial charge in [-0.3, -0.25) is 0 Å². The third-order valence-corrected chi connectivity index (χ3v) is 25.2. The molecule has 9 nitrogen and oxygen atoms in total. The summed E-state index contributed by atoms with van der Waals surface area (Å²) in [5, 5.41) is 17.1. The van der Waals surface area contributed by atoms with Crippen molar-refractivity contribution in [1.82, 2.24) is 0 Å². The Hall–Kier alpha value is -4.85. The summed E-state index contributed by atoms with van der Waals surface area (Å²) in [4.78, 5) is 26.9. The van der Waals surface area contributed by atoms with E-state index in [-0.39, 0.29) is 29.7 Å². The van der Waals surface area contributed by atoms with Gasteiger partial charge in [-0.25, -0.2) is 9.59 Å². The first-order valence-electron chi connectivity index (χ1n) is 29.9. The molecule has 0 bridgehead atoms. The molecule has 486 valence electrons. The van der Waals surface area contributed by atoms with Crippen molar-refractivity contribution in [2.45, 2.75) is 197 Å². The SMILES string of the molecule is C/C=C/C=C/[C@H](CC#CC(=O)O)O[Si](C)(C)C(C)(C)C.C=CCCCCO.C=CCCCCOC(=O)C#CCC(/C=C/C=C/C)O[Si](C)(C)C(C)(C)C.Cc1cc(C)c(N2[CH-]N(c3c(C)cc(C)cc3C)CC2)c(C)c1.[CH3-].[Cl][Ru]([Cl])=[CH]c1ccccc1. The molecule has 0 aromatic heterocycles. The van der Waals surface area contributed by atoms with Crippen LogP contribution in [-0.4, -0.2) is 81.9 Å². The molecular weight excluding hydrogens is 1240 g/mol. The number of ether oxygens (including phenoxy) is 1. The minimum absolute atomic E-state index is 0. The third kappa shape index (κ3) is 37.0. The van der Waals surface area contributed by atoms with E-state index in [0.717, 1.165) is 57.2 Å². The molecule has 87 heavy (non-hydrogen) atoms. The predicted octanol–water partition coefficient (Wildman–Crippen LogP) is 19.3. The summed E-state index contributed by atoms with van der Waals surface area (Å²) in [7, 11) is 7.53. The van der Waals surface area contributed by atoms with Crippen LogP contribution in [0, 0.1) is 79.3 Å². The first-order valence-corrected chi connectivity index (χ1v) is 41.2. The molecule has 1 fully saturated rings. The maximum absolute atomic E-state index is 11.7. The molecule has 0 aliphatic carbocycles. The van der Waals surface area contributed by atoms with E-state index in [4.69, 9.17) is 43.2 Å². The van der Waals surface area contributed by atoms with Crippen molar-refractivity contribution in [2.75, 3.05) is 36.1 Å². The number of benzene rings is 3. The Labute approximate surface area is 545 Å². The number of aliphatic hydroxyl groups is 1. The van der Waals surface area contributed by atoms with E-state index in [9.17, 15) is 9.59 Å². The molecule has 3 aromatic carbocycles. The second-order valence-electron chi connectivity index (χ2n) is 24.1. The number of anilines is 2. The Balaban J connectivity index is 0. The van der Waals surface area contributed by atoms with Gasteiger partial charge in [0.25, 0.3) is 0 Å². The number of rotatable bonds is 22. The van der Waals surface area contributed by atoms with Crippen molar-refractivity contribution in [3.8, 4) is 23.7 Å². The monoisotopic (exact) mass is 1350 g/mol. The van der Waals surface area contributed by atoms with Crippen molar-refractivity contribution in [2.24, 2.45) is 0 Å². The number of unbranched alkanes of at least 4 members (excludes halogenated alkanes) is 4. The molecule has 1 aliphatic rings. The van der Waals surface area contributed by atoms with Gasteiger partial charge in [0.15, 0.2) is 16.6 Å². The van der Waals surface area contributed by atoms with Crippen molar-refractivity contribution >= 4 is 63.9 Å². The molecule has 1 saturated heterocycles. The number of aliphatic carboxylic acids is 1. The molecule has 0 spiro atoms. The topological polar surface area (TPSA) is 109 Å². The molecule has 0 amide bonds. The number of nitrogens with zero attached hydrogens (tertiary/aromatic N) is 2. The van der Waals surface area contributed by atoms with Gasteiger partial charge >= 0.3 is 85.3 Å². The first kappa shape index (κ1) is 84.2. The van der Waals surface area contributed by atoms with Gasteiger partial charge in [-0.1, -0.05) is 150 Å². The van der Waals surface area contributed by atoms with E-state index in [1.54, 1.807) is 0 Å². The van der Waals surface area contributed by atoms with E-state index < -0.39 is 42.1 Å². The van der Waals surface area contributed by atoms with E-state index >= 15 is 0 Å². The van der Waals surface area contributed by atoms with E-state index in [2.05, 4.69) is 187 Å². The van der Waals surface area contributed by atoms with E-state index in [1.165, 1.54) is 44.8 Å². The average molecular weight is 1360 g/mol. The Kier molecular flexibility index (Phi) is 43.9. The number of carboxylic acids is 1. The van der Waals surface area contributed by atoms with Crippen LogP contribution in [0.5, 0.6) is 0 Å². The van der Waals surface area contributed by atoms with Gasteiger partial charge < -0.3 is 41.0 Å². The van der Waals surface area contributed by atoms with Crippen molar-refractivity contribution in [3.05, 3.63) is 182 Å². The number of aliphatic hydroxyl groups excluding tert-OH is 1. The zero-order chi connectivity index (χ0) is 65.5. The number of carbonyl (C=O) groups excluding carboxylic acids is 1. The number of hydrogen-bond acceptors (Lipinski definition) is 8. The zero-order valence-electron chi connectivity index (χ0n) is 56.6. The van der Waals surface area contributed by atoms with Crippen LogP contribution in [-0.2, 0) is 36.7 Å². The van der Waals surface area contributed by atoms with E-state index in [0.29, 0.717) is 26.1 Å². The molecule has 14 heteroatoms. The molecular formula is C73H110Cl2N2O7RuSi2-2. The summed E-state index contributed by atoms with van der Waals surface area (Å²) in [5.74, 6) is 8.72. The van der Waals surface area contributed by atoms with Gasteiger partial charge in [-0.05, 0) is 152 Å². The number of allylic oxidation sites excluding steroid dienone is 8. The summed E-state index contributed by atoms with van der Waals surface area (Å²) in [6, 6.07) is 19.0. The average Bonchev–Trinajstić information content (AvgIpc) is 1.91. The summed E-state index contributed by atoms with van der Waals surface area (Å²) >= 11 is -1.61. The van der Waals surface area contributed by atoms with Gasteiger partial charge in [0.1, 0.15) is 0 Å². The molecule has 2 atom stereocenters. The molecule has 2 N–H and O–H groups in total. The minimum atomic E-state index is -1.91. The Bertz CT molecular complexity index is 2690. The predicted molar refractivity (Wildman–Crippen MR) is 381 cm³/mol. The number of carbonyl (C=O) groups is 2. The fourth-order valence-electron chi connectivity index (χ4n) is 8.15. The molecule has 4 rings (SSSR count). The van der Waals surface area contributed by atoms with Crippen LogP contribution in [0.4, 0.5) is 11.4 Å². The maximum atomic E-state index is 11.7. The first-order chi connectivity index (χ1) is 40.3.